The zero-order valence-corrected chi connectivity index (χ0v) is 21.0. The molecule has 0 spiro atoms. The highest BCUT2D eigenvalue weighted by atomic mass is 32.2. The molecule has 0 aliphatic carbocycles. The van der Waals surface area contributed by atoms with Gasteiger partial charge >= 0.3 is 0 Å². The van der Waals surface area contributed by atoms with Crippen molar-refractivity contribution in [1.82, 2.24) is 10.2 Å². The fraction of sp³-hybridized carbons (Fsp3) is 0.842. The van der Waals surface area contributed by atoms with Crippen LogP contribution < -0.4 is 5.32 Å². The Morgan fingerprint density at radius 2 is 1.78 bits per heavy atom. The lowest BCUT2D eigenvalue weighted by atomic mass is 9.78. The third kappa shape index (κ3) is 5.34. The molecule has 0 aromatic rings. The zero-order chi connectivity index (χ0) is 21.3. The van der Waals surface area contributed by atoms with Gasteiger partial charge in [-0.25, -0.2) is 0 Å². The summed E-state index contributed by atoms with van der Waals surface area (Å²) in [5, 5.41) is 3.00. The second-order valence-electron chi connectivity index (χ2n) is 9.20. The number of thiocarbonyl (C=S) groups is 1. The Morgan fingerprint density at radius 3 is 2.15 bits per heavy atom. The summed E-state index contributed by atoms with van der Waals surface area (Å²) in [7, 11) is -2.00. The van der Waals surface area contributed by atoms with Crippen LogP contribution in [0.1, 0.15) is 48.5 Å². The molecule has 0 bridgehead atoms. The molecule has 0 unspecified atom stereocenters. The number of hydrogen-bond acceptors (Lipinski definition) is 5. The molecule has 5 nitrogen and oxygen atoms in total. The van der Waals surface area contributed by atoms with E-state index < -0.39 is 8.32 Å². The molecule has 1 fully saturated rings. The van der Waals surface area contributed by atoms with Gasteiger partial charge in [-0.05, 0) is 45.2 Å². The maximum Gasteiger partial charge on any atom is 0.233 e. The smallest absolute Gasteiger partial charge is 0.233 e. The SMILES string of the molecule is CSC(=S)N(C(=O)[C@H](C)[C@H]1NC(=O)[C@@H]1[C@@H](C)O[Si](C)(C)C(C)(C)C)C(C)C. The van der Waals surface area contributed by atoms with Crippen molar-refractivity contribution in [3.63, 3.8) is 0 Å². The Morgan fingerprint density at radius 1 is 1.26 bits per heavy atom. The molecule has 156 valence electrons. The van der Waals surface area contributed by atoms with Crippen LogP contribution in [0.15, 0.2) is 0 Å². The second-order valence-corrected chi connectivity index (χ2v) is 15.4. The van der Waals surface area contributed by atoms with E-state index in [4.69, 9.17) is 16.6 Å². The Hall–Kier alpha value is -0.443. The van der Waals surface area contributed by atoms with Crippen molar-refractivity contribution in [1.29, 1.82) is 0 Å². The van der Waals surface area contributed by atoms with Crippen LogP contribution in [0, 0.1) is 11.8 Å². The van der Waals surface area contributed by atoms with Gasteiger partial charge in [0.25, 0.3) is 0 Å². The molecule has 27 heavy (non-hydrogen) atoms. The summed E-state index contributed by atoms with van der Waals surface area (Å²) in [6, 6.07) is -0.245. The molecule has 1 aliphatic heterocycles. The summed E-state index contributed by atoms with van der Waals surface area (Å²) in [5.41, 5.74) is 0. The van der Waals surface area contributed by atoms with Crippen LogP contribution >= 0.6 is 24.0 Å². The number of hydrogen-bond donors (Lipinski definition) is 1. The minimum Gasteiger partial charge on any atom is -0.413 e. The number of thioether (sulfide) groups is 1. The van der Waals surface area contributed by atoms with Crippen LogP contribution in [0.4, 0.5) is 0 Å². The van der Waals surface area contributed by atoms with Crippen molar-refractivity contribution in [2.45, 2.75) is 84.8 Å². The van der Waals surface area contributed by atoms with Crippen molar-refractivity contribution in [2.75, 3.05) is 6.26 Å². The molecule has 1 saturated heterocycles. The summed E-state index contributed by atoms with van der Waals surface area (Å²) in [4.78, 5) is 27.0. The monoisotopic (exact) mass is 432 g/mol. The van der Waals surface area contributed by atoms with E-state index in [1.165, 1.54) is 11.8 Å². The van der Waals surface area contributed by atoms with Crippen LogP contribution in [0.3, 0.4) is 0 Å². The summed E-state index contributed by atoms with van der Waals surface area (Å²) in [6.45, 7) is 18.6. The number of nitrogens with zero attached hydrogens (tertiary/aromatic N) is 1. The molecule has 1 N–H and O–H groups in total. The van der Waals surface area contributed by atoms with Crippen molar-refractivity contribution in [3.8, 4) is 0 Å². The highest BCUT2D eigenvalue weighted by molar-refractivity contribution is 8.22. The standard InChI is InChI=1S/C19H36N2O3S2Si/c1-11(2)21(18(25)26-8)17(23)12(3)15-14(16(22)20-15)13(4)24-27(9,10)19(5,6)7/h11-15H,1-10H3,(H,20,22)/t12-,13-,14-,15-/m1/s1. The lowest BCUT2D eigenvalue weighted by Gasteiger charge is -2.47. The normalized spacial score (nSPS) is 22.7. The van der Waals surface area contributed by atoms with Crippen LogP contribution in [-0.4, -0.2) is 53.8 Å². The highest BCUT2D eigenvalue weighted by Crippen LogP contribution is 2.39. The first-order valence-corrected chi connectivity index (χ1v) is 14.1. The largest absolute Gasteiger partial charge is 0.413 e. The van der Waals surface area contributed by atoms with Crippen LogP contribution in [-0.2, 0) is 14.0 Å². The predicted molar refractivity (Wildman–Crippen MR) is 120 cm³/mol. The minimum absolute atomic E-state index is 0.0185. The van der Waals surface area contributed by atoms with Gasteiger partial charge in [0.2, 0.25) is 11.8 Å². The number of rotatable bonds is 6. The first-order chi connectivity index (χ1) is 12.2. The summed E-state index contributed by atoms with van der Waals surface area (Å²) < 4.78 is 7.00. The fourth-order valence-corrected chi connectivity index (χ4v) is 5.33. The van der Waals surface area contributed by atoms with E-state index in [1.807, 2.05) is 34.0 Å². The lowest BCUT2D eigenvalue weighted by Crippen LogP contribution is -2.67. The van der Waals surface area contributed by atoms with Gasteiger partial charge in [-0.1, -0.05) is 51.7 Å². The molecular formula is C19H36N2O3S2Si. The topological polar surface area (TPSA) is 58.6 Å². The van der Waals surface area contributed by atoms with Gasteiger partial charge in [-0.3, -0.25) is 14.5 Å². The summed E-state index contributed by atoms with van der Waals surface area (Å²) in [6.07, 6.45) is 1.65. The first-order valence-electron chi connectivity index (χ1n) is 9.55. The van der Waals surface area contributed by atoms with E-state index in [0.29, 0.717) is 4.32 Å². The van der Waals surface area contributed by atoms with Crippen LogP contribution in [0.5, 0.6) is 0 Å². The molecule has 2 amide bonds. The lowest BCUT2D eigenvalue weighted by molar-refractivity contribution is -0.146. The third-order valence-corrected chi connectivity index (χ3v) is 11.7. The maximum atomic E-state index is 13.1. The van der Waals surface area contributed by atoms with Crippen LogP contribution in [0.25, 0.3) is 0 Å². The van der Waals surface area contributed by atoms with Crippen molar-refractivity contribution in [2.24, 2.45) is 11.8 Å². The van der Waals surface area contributed by atoms with Gasteiger partial charge in [-0.2, -0.15) is 0 Å². The number of β-lactam (4-membered cyclic amide) rings is 1. The van der Waals surface area contributed by atoms with Gasteiger partial charge in [0.15, 0.2) is 8.32 Å². The Kier molecular flexibility index (Phi) is 8.13. The van der Waals surface area contributed by atoms with E-state index in [1.54, 1.807) is 4.90 Å². The predicted octanol–water partition coefficient (Wildman–Crippen LogP) is 4.03. The number of amides is 2. The van der Waals surface area contributed by atoms with E-state index in [-0.39, 0.29) is 46.9 Å². The molecule has 1 rings (SSSR count). The van der Waals surface area contributed by atoms with Gasteiger partial charge < -0.3 is 9.74 Å². The molecule has 1 heterocycles. The Bertz CT molecular complexity index is 590. The summed E-state index contributed by atoms with van der Waals surface area (Å²) >= 11 is 6.76. The quantitative estimate of drug-likeness (QED) is 0.390. The molecule has 1 aliphatic rings. The highest BCUT2D eigenvalue weighted by Gasteiger charge is 2.51. The van der Waals surface area contributed by atoms with Gasteiger partial charge in [0.1, 0.15) is 4.32 Å². The zero-order valence-electron chi connectivity index (χ0n) is 18.4. The average Bonchev–Trinajstić information content (AvgIpc) is 2.49. The molecule has 0 aromatic heterocycles. The Balaban J connectivity index is 2.95. The van der Waals surface area contributed by atoms with E-state index in [9.17, 15) is 9.59 Å². The fourth-order valence-electron chi connectivity index (χ4n) is 3.10. The first kappa shape index (κ1) is 24.6. The molecule has 4 atom stereocenters. The van der Waals surface area contributed by atoms with E-state index in [0.717, 1.165) is 0 Å². The number of carbonyl (C=O) groups is 2. The average molecular weight is 433 g/mol. The van der Waals surface area contributed by atoms with Crippen molar-refractivity contribution < 1.29 is 14.0 Å². The van der Waals surface area contributed by atoms with Gasteiger partial charge in [-0.15, -0.1) is 0 Å². The molecule has 0 saturated carbocycles. The molecule has 0 aromatic carbocycles. The van der Waals surface area contributed by atoms with Gasteiger partial charge in [0, 0.05) is 6.04 Å². The minimum atomic E-state index is -2.00. The van der Waals surface area contributed by atoms with E-state index in [2.05, 4.69) is 39.2 Å². The number of nitrogens with one attached hydrogen (secondary N) is 1. The van der Waals surface area contributed by atoms with Crippen LogP contribution in [0.2, 0.25) is 18.1 Å². The maximum absolute atomic E-state index is 13.1. The number of carbonyl (C=O) groups excluding carboxylic acids is 2. The van der Waals surface area contributed by atoms with Crippen molar-refractivity contribution in [3.05, 3.63) is 0 Å². The molecular weight excluding hydrogens is 396 g/mol. The van der Waals surface area contributed by atoms with Crippen molar-refractivity contribution >= 4 is 48.4 Å². The summed E-state index contributed by atoms with van der Waals surface area (Å²) in [5.74, 6) is -0.742. The molecule has 0 radical (unpaired) electrons. The third-order valence-electron chi connectivity index (χ3n) is 5.84. The second kappa shape index (κ2) is 8.92. The van der Waals surface area contributed by atoms with Gasteiger partial charge in [0.05, 0.1) is 24.0 Å². The molecule has 8 heteroatoms. The Labute approximate surface area is 175 Å². The van der Waals surface area contributed by atoms with E-state index >= 15 is 0 Å².